The van der Waals surface area contributed by atoms with E-state index in [0.717, 1.165) is 29.4 Å². The van der Waals surface area contributed by atoms with Crippen LogP contribution in [0.3, 0.4) is 0 Å². The third-order valence-electron chi connectivity index (χ3n) is 3.88. The van der Waals surface area contributed by atoms with E-state index in [4.69, 9.17) is 4.74 Å². The molecule has 3 aromatic heterocycles. The quantitative estimate of drug-likeness (QED) is 0.641. The molecular formula is C15H22N8O. The largest absolute Gasteiger partial charge is 0.383 e. The number of methoxy groups -OCH3 is 1. The van der Waals surface area contributed by atoms with Gasteiger partial charge in [0.1, 0.15) is 12.7 Å². The third kappa shape index (κ3) is 3.21. The van der Waals surface area contributed by atoms with Gasteiger partial charge in [0.2, 0.25) is 5.65 Å². The summed E-state index contributed by atoms with van der Waals surface area (Å²) in [6.45, 7) is 6.18. The van der Waals surface area contributed by atoms with Gasteiger partial charge in [0.05, 0.1) is 24.5 Å². The third-order valence-corrected chi connectivity index (χ3v) is 3.88. The van der Waals surface area contributed by atoms with Gasteiger partial charge in [0.25, 0.3) is 0 Å². The molecule has 3 aromatic rings. The minimum atomic E-state index is 0.314. The molecule has 9 heteroatoms. The smallest absolute Gasteiger partial charge is 0.200 e. The molecule has 9 nitrogen and oxygen atoms in total. The lowest BCUT2D eigenvalue weighted by molar-refractivity contribution is 0.186. The van der Waals surface area contributed by atoms with Crippen LogP contribution in [0.25, 0.3) is 5.65 Å². The summed E-state index contributed by atoms with van der Waals surface area (Å²) in [5.74, 6) is 1.18. The Morgan fingerprint density at radius 2 is 2.00 bits per heavy atom. The summed E-state index contributed by atoms with van der Waals surface area (Å²) in [5.41, 5.74) is 2.68. The van der Waals surface area contributed by atoms with Crippen molar-refractivity contribution in [2.24, 2.45) is 0 Å². The molecule has 0 radical (unpaired) electrons. The fourth-order valence-electron chi connectivity index (χ4n) is 2.47. The molecule has 3 rings (SSSR count). The highest BCUT2D eigenvalue weighted by atomic mass is 16.5. The molecule has 0 spiro atoms. The van der Waals surface area contributed by atoms with Gasteiger partial charge in [-0.15, -0.1) is 20.4 Å². The Balaban J connectivity index is 1.90. The van der Waals surface area contributed by atoms with Crippen LogP contribution in [0.4, 0.5) is 5.69 Å². The first kappa shape index (κ1) is 16.3. The van der Waals surface area contributed by atoms with Gasteiger partial charge in [-0.1, -0.05) is 13.8 Å². The fourth-order valence-corrected chi connectivity index (χ4v) is 2.47. The molecule has 24 heavy (non-hydrogen) atoms. The van der Waals surface area contributed by atoms with Gasteiger partial charge in [-0.25, -0.2) is 0 Å². The molecule has 0 amide bonds. The van der Waals surface area contributed by atoms with Crippen molar-refractivity contribution in [3.63, 3.8) is 0 Å². The van der Waals surface area contributed by atoms with E-state index in [9.17, 15) is 0 Å². The molecule has 0 saturated carbocycles. The Morgan fingerprint density at radius 3 is 2.75 bits per heavy atom. The lowest BCUT2D eigenvalue weighted by atomic mass is 10.1. The number of anilines is 1. The van der Waals surface area contributed by atoms with E-state index in [0.29, 0.717) is 19.1 Å². The van der Waals surface area contributed by atoms with E-state index in [1.165, 1.54) is 0 Å². The number of hydrogen-bond acceptors (Lipinski definition) is 7. The highest BCUT2D eigenvalue weighted by Crippen LogP contribution is 2.23. The van der Waals surface area contributed by atoms with Crippen molar-refractivity contribution in [3.8, 4) is 0 Å². The molecule has 0 aliphatic carbocycles. The minimum Gasteiger partial charge on any atom is -0.383 e. The Hall–Kier alpha value is -2.55. The van der Waals surface area contributed by atoms with Crippen molar-refractivity contribution >= 4 is 11.3 Å². The average Bonchev–Trinajstić information content (AvgIpc) is 3.20. The maximum absolute atomic E-state index is 5.13. The minimum absolute atomic E-state index is 0.314. The van der Waals surface area contributed by atoms with Crippen LogP contribution in [-0.4, -0.2) is 55.3 Å². The van der Waals surface area contributed by atoms with Crippen LogP contribution in [0.15, 0.2) is 18.7 Å². The summed E-state index contributed by atoms with van der Waals surface area (Å²) >= 11 is 0. The van der Waals surface area contributed by atoms with Gasteiger partial charge in [0.15, 0.2) is 5.82 Å². The van der Waals surface area contributed by atoms with E-state index in [1.54, 1.807) is 24.3 Å². The van der Waals surface area contributed by atoms with Crippen LogP contribution < -0.4 is 4.90 Å². The fraction of sp³-hybridized carbons (Fsp3) is 0.533. The normalized spacial score (nSPS) is 11.5. The van der Waals surface area contributed by atoms with Gasteiger partial charge in [-0.2, -0.15) is 9.61 Å². The van der Waals surface area contributed by atoms with Gasteiger partial charge in [-0.3, -0.25) is 0 Å². The Labute approximate surface area is 140 Å². The molecule has 128 valence electrons. The highest BCUT2D eigenvalue weighted by Gasteiger charge is 2.16. The van der Waals surface area contributed by atoms with E-state index < -0.39 is 0 Å². The summed E-state index contributed by atoms with van der Waals surface area (Å²) in [6.07, 6.45) is 3.35. The molecule has 0 aliphatic rings. The molecule has 0 aromatic carbocycles. The molecule has 3 heterocycles. The van der Waals surface area contributed by atoms with E-state index >= 15 is 0 Å². The van der Waals surface area contributed by atoms with Crippen molar-refractivity contribution in [3.05, 3.63) is 30.2 Å². The molecule has 0 bridgehead atoms. The summed E-state index contributed by atoms with van der Waals surface area (Å²) in [6, 6.07) is 2.06. The highest BCUT2D eigenvalue weighted by molar-refractivity contribution is 5.68. The second-order valence-corrected chi connectivity index (χ2v) is 6.00. The number of aromatic nitrogens is 7. The average molecular weight is 330 g/mol. The van der Waals surface area contributed by atoms with Crippen LogP contribution in [0.5, 0.6) is 0 Å². The van der Waals surface area contributed by atoms with Crippen molar-refractivity contribution < 1.29 is 4.74 Å². The number of ether oxygens (including phenoxy) is 1. The maximum Gasteiger partial charge on any atom is 0.200 e. The summed E-state index contributed by atoms with van der Waals surface area (Å²) in [5, 5.41) is 20.9. The molecule has 0 unspecified atom stereocenters. The van der Waals surface area contributed by atoms with Crippen LogP contribution >= 0.6 is 0 Å². The Morgan fingerprint density at radius 1 is 1.21 bits per heavy atom. The standard InChI is InChI=1S/C15H22N8O/c1-11(2)12-7-13(15-19-17-10-23(15)20-12)21(3)8-14-18-16-9-22(14)5-6-24-4/h7,9-11H,5-6,8H2,1-4H3. The predicted molar refractivity (Wildman–Crippen MR) is 88.9 cm³/mol. The summed E-state index contributed by atoms with van der Waals surface area (Å²) in [7, 11) is 3.69. The number of hydrogen-bond donors (Lipinski definition) is 0. The monoisotopic (exact) mass is 330 g/mol. The van der Waals surface area contributed by atoms with Crippen molar-refractivity contribution in [2.75, 3.05) is 25.7 Å². The topological polar surface area (TPSA) is 86.3 Å². The zero-order valence-corrected chi connectivity index (χ0v) is 14.4. The van der Waals surface area contributed by atoms with Gasteiger partial charge < -0.3 is 14.2 Å². The molecule has 0 N–H and O–H groups in total. The van der Waals surface area contributed by atoms with E-state index in [2.05, 4.69) is 50.3 Å². The number of fused-ring (bicyclic) bond motifs is 1. The second-order valence-electron chi connectivity index (χ2n) is 6.00. The molecular weight excluding hydrogens is 308 g/mol. The van der Waals surface area contributed by atoms with Crippen LogP contribution in [-0.2, 0) is 17.8 Å². The van der Waals surface area contributed by atoms with Crippen LogP contribution in [0.1, 0.15) is 31.3 Å². The predicted octanol–water partition coefficient (Wildman–Crippen LogP) is 1.12. The Bertz CT molecular complexity index is 809. The van der Waals surface area contributed by atoms with Gasteiger partial charge in [0, 0.05) is 20.7 Å². The second kappa shape index (κ2) is 6.91. The zero-order chi connectivity index (χ0) is 17.1. The number of rotatable bonds is 7. The van der Waals surface area contributed by atoms with Gasteiger partial charge >= 0.3 is 0 Å². The first-order valence-corrected chi connectivity index (χ1v) is 7.88. The van der Waals surface area contributed by atoms with Crippen LogP contribution in [0.2, 0.25) is 0 Å². The molecule has 0 fully saturated rings. The summed E-state index contributed by atoms with van der Waals surface area (Å²) < 4.78 is 8.84. The van der Waals surface area contributed by atoms with Crippen molar-refractivity contribution in [1.82, 2.24) is 34.6 Å². The molecule has 0 saturated heterocycles. The van der Waals surface area contributed by atoms with Crippen molar-refractivity contribution in [1.29, 1.82) is 0 Å². The van der Waals surface area contributed by atoms with Crippen molar-refractivity contribution in [2.45, 2.75) is 32.9 Å². The zero-order valence-electron chi connectivity index (χ0n) is 14.4. The van der Waals surface area contributed by atoms with E-state index in [-0.39, 0.29) is 0 Å². The lowest BCUT2D eigenvalue weighted by Crippen LogP contribution is -2.22. The molecule has 0 atom stereocenters. The number of nitrogens with zero attached hydrogens (tertiary/aromatic N) is 8. The van der Waals surface area contributed by atoms with Crippen LogP contribution in [0, 0.1) is 0 Å². The SMILES string of the molecule is COCCn1cnnc1CN(C)c1cc(C(C)C)nn2cnnc12. The van der Waals surface area contributed by atoms with E-state index in [1.807, 2.05) is 11.6 Å². The lowest BCUT2D eigenvalue weighted by Gasteiger charge is -2.20. The first-order chi connectivity index (χ1) is 11.6. The Kier molecular flexibility index (Phi) is 4.70. The molecule has 0 aliphatic heterocycles. The summed E-state index contributed by atoms with van der Waals surface area (Å²) in [4.78, 5) is 2.09. The first-order valence-electron chi connectivity index (χ1n) is 7.88. The maximum atomic E-state index is 5.13. The van der Waals surface area contributed by atoms with Gasteiger partial charge in [-0.05, 0) is 12.0 Å².